The van der Waals surface area contributed by atoms with Gasteiger partial charge in [0.05, 0.1) is 11.1 Å². The number of halogens is 1. The summed E-state index contributed by atoms with van der Waals surface area (Å²) < 4.78 is 0. The molecule has 0 radical (unpaired) electrons. The van der Waals surface area contributed by atoms with Crippen molar-refractivity contribution in [2.45, 2.75) is 32.4 Å². The Morgan fingerprint density at radius 1 is 1.09 bits per heavy atom. The minimum absolute atomic E-state index is 0.0568. The van der Waals surface area contributed by atoms with Crippen LogP contribution in [0.3, 0.4) is 0 Å². The highest BCUT2D eigenvalue weighted by molar-refractivity contribution is 6.31. The molecule has 2 aromatic rings. The summed E-state index contributed by atoms with van der Waals surface area (Å²) in [5.74, 6) is -2.26. The van der Waals surface area contributed by atoms with E-state index in [-0.39, 0.29) is 30.5 Å². The van der Waals surface area contributed by atoms with Gasteiger partial charge in [0, 0.05) is 23.7 Å². The smallest absolute Gasteiger partial charge is 0.319 e. The Labute approximate surface area is 188 Å². The third-order valence-corrected chi connectivity index (χ3v) is 5.80. The number of fused-ring (bicyclic) bond motifs is 1. The molecule has 1 fully saturated rings. The van der Waals surface area contributed by atoms with Crippen molar-refractivity contribution in [3.05, 3.63) is 63.7 Å². The zero-order chi connectivity index (χ0) is 23.0. The van der Waals surface area contributed by atoms with Gasteiger partial charge in [0.15, 0.2) is 0 Å². The topological polar surface area (TPSA) is 125 Å². The van der Waals surface area contributed by atoms with Crippen molar-refractivity contribution in [3.8, 4) is 0 Å². The lowest BCUT2D eigenvalue weighted by atomic mass is 10.0. The van der Waals surface area contributed by atoms with Gasteiger partial charge in [0.25, 0.3) is 11.8 Å². The first-order valence-electron chi connectivity index (χ1n) is 9.90. The van der Waals surface area contributed by atoms with Gasteiger partial charge in [0.1, 0.15) is 6.04 Å². The molecule has 1 unspecified atom stereocenters. The monoisotopic (exact) mass is 454 g/mol. The van der Waals surface area contributed by atoms with Gasteiger partial charge in [-0.15, -0.1) is 0 Å². The van der Waals surface area contributed by atoms with Crippen LogP contribution in [0.5, 0.6) is 0 Å². The number of hydrogen-bond acceptors (Lipinski definition) is 5. The van der Waals surface area contributed by atoms with Crippen LogP contribution in [-0.4, -0.2) is 40.6 Å². The van der Waals surface area contributed by atoms with Crippen molar-refractivity contribution >= 4 is 46.9 Å². The number of carbonyl (C=O) groups excluding carboxylic acids is 5. The molecule has 2 aromatic carbocycles. The quantitative estimate of drug-likeness (QED) is 0.612. The molecule has 2 aliphatic heterocycles. The summed E-state index contributed by atoms with van der Waals surface area (Å²) in [7, 11) is 0. The fourth-order valence-electron chi connectivity index (χ4n) is 3.71. The van der Waals surface area contributed by atoms with Crippen LogP contribution < -0.4 is 16.0 Å². The van der Waals surface area contributed by atoms with Crippen LogP contribution in [0.2, 0.25) is 5.02 Å². The van der Waals surface area contributed by atoms with E-state index >= 15 is 0 Å². The number of urea groups is 1. The molecular weight excluding hydrogens is 436 g/mol. The Kier molecular flexibility index (Phi) is 5.67. The Morgan fingerprint density at radius 3 is 2.56 bits per heavy atom. The van der Waals surface area contributed by atoms with Gasteiger partial charge in [0.2, 0.25) is 11.8 Å². The van der Waals surface area contributed by atoms with Gasteiger partial charge >= 0.3 is 6.03 Å². The van der Waals surface area contributed by atoms with E-state index in [0.717, 1.165) is 10.5 Å². The molecule has 10 heteroatoms. The van der Waals surface area contributed by atoms with Crippen LogP contribution in [0, 0.1) is 6.92 Å². The highest BCUT2D eigenvalue weighted by atomic mass is 35.5. The van der Waals surface area contributed by atoms with Crippen LogP contribution >= 0.6 is 11.6 Å². The molecule has 0 spiro atoms. The normalized spacial score (nSPS) is 17.8. The first kappa shape index (κ1) is 21.5. The third-order valence-electron chi connectivity index (χ3n) is 5.37. The summed E-state index contributed by atoms with van der Waals surface area (Å²) >= 11 is 5.98. The summed E-state index contributed by atoms with van der Waals surface area (Å²) in [6.07, 6.45) is 0.149. The van der Waals surface area contributed by atoms with Crippen molar-refractivity contribution < 1.29 is 24.0 Å². The predicted octanol–water partition coefficient (Wildman–Crippen LogP) is 2.37. The van der Waals surface area contributed by atoms with Gasteiger partial charge in [-0.05, 0) is 54.8 Å². The molecule has 0 bridgehead atoms. The fraction of sp³-hybridized carbons (Fsp3) is 0.227. The lowest BCUT2D eigenvalue weighted by molar-refractivity contribution is -0.136. The molecular formula is C22H19ClN4O5. The maximum absolute atomic E-state index is 12.9. The van der Waals surface area contributed by atoms with E-state index < -0.39 is 35.7 Å². The molecule has 2 heterocycles. The summed E-state index contributed by atoms with van der Waals surface area (Å²) in [4.78, 5) is 62.2. The number of imide groups is 2. The summed E-state index contributed by atoms with van der Waals surface area (Å²) in [6, 6.07) is 8.29. The first-order valence-corrected chi connectivity index (χ1v) is 10.3. The summed E-state index contributed by atoms with van der Waals surface area (Å²) in [5, 5.41) is 8.14. The van der Waals surface area contributed by atoms with E-state index in [4.69, 9.17) is 11.6 Å². The molecule has 164 valence electrons. The Bertz CT molecular complexity index is 1180. The number of aryl methyl sites for hydroxylation is 1. The average molecular weight is 455 g/mol. The molecule has 0 aliphatic carbocycles. The zero-order valence-corrected chi connectivity index (χ0v) is 17.8. The van der Waals surface area contributed by atoms with Crippen molar-refractivity contribution in [3.63, 3.8) is 0 Å². The summed E-state index contributed by atoms with van der Waals surface area (Å²) in [5.41, 5.74) is 2.36. The molecule has 9 nitrogen and oxygen atoms in total. The van der Waals surface area contributed by atoms with Crippen molar-refractivity contribution in [2.24, 2.45) is 0 Å². The van der Waals surface area contributed by atoms with E-state index in [1.54, 1.807) is 24.3 Å². The number of rotatable bonds is 4. The van der Waals surface area contributed by atoms with Gasteiger partial charge in [-0.2, -0.15) is 0 Å². The highest BCUT2D eigenvalue weighted by Crippen LogP contribution is 2.28. The highest BCUT2D eigenvalue weighted by Gasteiger charge is 2.44. The largest absolute Gasteiger partial charge is 0.334 e. The van der Waals surface area contributed by atoms with Crippen LogP contribution in [0.1, 0.15) is 44.7 Å². The molecule has 6 amide bonds. The molecule has 1 saturated heterocycles. The van der Waals surface area contributed by atoms with Crippen LogP contribution in [0.25, 0.3) is 0 Å². The minimum Gasteiger partial charge on any atom is -0.334 e. The van der Waals surface area contributed by atoms with Gasteiger partial charge < -0.3 is 10.6 Å². The Hall–Kier alpha value is -3.72. The van der Waals surface area contributed by atoms with E-state index in [9.17, 15) is 24.0 Å². The van der Waals surface area contributed by atoms with Crippen molar-refractivity contribution in [2.75, 3.05) is 5.32 Å². The molecule has 3 N–H and O–H groups in total. The second-order valence-corrected chi connectivity index (χ2v) is 8.01. The number of nitrogens with zero attached hydrogens (tertiary/aromatic N) is 1. The Balaban J connectivity index is 1.43. The maximum atomic E-state index is 12.9. The van der Waals surface area contributed by atoms with Crippen LogP contribution in [-0.2, 0) is 16.1 Å². The molecule has 32 heavy (non-hydrogen) atoms. The third kappa shape index (κ3) is 4.06. The van der Waals surface area contributed by atoms with Gasteiger partial charge in [-0.3, -0.25) is 29.4 Å². The lowest BCUT2D eigenvalue weighted by Gasteiger charge is -2.27. The van der Waals surface area contributed by atoms with Crippen LogP contribution in [0.15, 0.2) is 36.4 Å². The number of amides is 6. The van der Waals surface area contributed by atoms with E-state index in [0.29, 0.717) is 16.3 Å². The van der Waals surface area contributed by atoms with Gasteiger partial charge in [-0.1, -0.05) is 17.7 Å². The van der Waals surface area contributed by atoms with E-state index in [1.165, 1.54) is 12.1 Å². The van der Waals surface area contributed by atoms with Crippen molar-refractivity contribution in [1.29, 1.82) is 0 Å². The second-order valence-electron chi connectivity index (χ2n) is 7.60. The van der Waals surface area contributed by atoms with Gasteiger partial charge in [-0.25, -0.2) is 4.79 Å². The number of hydrogen-bond donors (Lipinski definition) is 3. The maximum Gasteiger partial charge on any atom is 0.319 e. The predicted molar refractivity (Wildman–Crippen MR) is 115 cm³/mol. The zero-order valence-electron chi connectivity index (χ0n) is 17.0. The van der Waals surface area contributed by atoms with Crippen molar-refractivity contribution in [1.82, 2.24) is 15.5 Å². The number of nitrogens with one attached hydrogen (secondary N) is 3. The number of carbonyl (C=O) groups is 5. The molecule has 1 atom stereocenters. The Morgan fingerprint density at radius 2 is 1.84 bits per heavy atom. The molecule has 0 aromatic heterocycles. The SMILES string of the molecule is Cc1cc(NC(=O)NCc2ccc3c(c2)C(=O)N(C2CCC(=O)NC2=O)C3=O)ccc1Cl. The lowest BCUT2D eigenvalue weighted by Crippen LogP contribution is -2.54. The summed E-state index contributed by atoms with van der Waals surface area (Å²) in [6.45, 7) is 1.94. The fourth-order valence-corrected chi connectivity index (χ4v) is 3.83. The number of anilines is 1. The minimum atomic E-state index is -1.02. The molecule has 4 rings (SSSR count). The average Bonchev–Trinajstić information content (AvgIpc) is 2.99. The second kappa shape index (κ2) is 8.43. The van der Waals surface area contributed by atoms with Crippen LogP contribution in [0.4, 0.5) is 10.5 Å². The van der Waals surface area contributed by atoms with E-state index in [2.05, 4.69) is 16.0 Å². The standard InChI is InChI=1S/C22H19ClN4O5/c1-11-8-13(3-5-16(11)23)25-22(32)24-10-12-2-4-14-15(9-12)21(31)27(20(14)30)17-6-7-18(28)26-19(17)29/h2-5,8-9,17H,6-7,10H2,1H3,(H2,24,25,32)(H,26,28,29). The number of benzene rings is 2. The first-order chi connectivity index (χ1) is 15.2. The van der Waals surface area contributed by atoms with E-state index in [1.807, 2.05) is 6.92 Å². The number of piperidine rings is 1. The molecule has 2 aliphatic rings. The molecule has 0 saturated carbocycles.